The van der Waals surface area contributed by atoms with Crippen molar-refractivity contribution in [2.24, 2.45) is 0 Å². The lowest BCUT2D eigenvalue weighted by atomic mass is 9.98. The zero-order valence-electron chi connectivity index (χ0n) is 14.3. The van der Waals surface area contributed by atoms with Gasteiger partial charge in [-0.2, -0.15) is 0 Å². The Labute approximate surface area is 142 Å². The van der Waals surface area contributed by atoms with Gasteiger partial charge in [-0.25, -0.2) is 4.79 Å². The SMILES string of the molecule is Cc1cccc(C(C)NC(=O)NC2c3ccccc3CC2O)c1C. The first-order chi connectivity index (χ1) is 11.5. The summed E-state index contributed by atoms with van der Waals surface area (Å²) in [6, 6.07) is 13.2. The Balaban J connectivity index is 1.69. The highest BCUT2D eigenvalue weighted by atomic mass is 16.3. The number of nitrogens with one attached hydrogen (secondary N) is 2. The van der Waals surface area contributed by atoms with Gasteiger partial charge in [-0.15, -0.1) is 0 Å². The van der Waals surface area contributed by atoms with Crippen molar-refractivity contribution in [3.63, 3.8) is 0 Å². The molecule has 2 aromatic rings. The minimum atomic E-state index is -0.579. The summed E-state index contributed by atoms with van der Waals surface area (Å²) >= 11 is 0. The molecule has 3 N–H and O–H groups in total. The molecule has 2 amide bonds. The molecule has 0 spiro atoms. The van der Waals surface area contributed by atoms with Crippen LogP contribution in [0, 0.1) is 13.8 Å². The Kier molecular flexibility index (Phi) is 4.58. The number of hydrogen-bond acceptors (Lipinski definition) is 2. The van der Waals surface area contributed by atoms with Crippen LogP contribution in [0.4, 0.5) is 4.79 Å². The lowest BCUT2D eigenvalue weighted by Gasteiger charge is -2.22. The van der Waals surface area contributed by atoms with Gasteiger partial charge in [0.25, 0.3) is 0 Å². The van der Waals surface area contributed by atoms with E-state index in [0.717, 1.165) is 16.7 Å². The maximum absolute atomic E-state index is 12.4. The number of carbonyl (C=O) groups is 1. The third-order valence-electron chi connectivity index (χ3n) is 4.95. The summed E-state index contributed by atoms with van der Waals surface area (Å²) < 4.78 is 0. The third-order valence-corrected chi connectivity index (χ3v) is 4.95. The number of rotatable bonds is 3. The predicted molar refractivity (Wildman–Crippen MR) is 94.9 cm³/mol. The Hall–Kier alpha value is -2.33. The summed E-state index contributed by atoms with van der Waals surface area (Å²) in [6.07, 6.45) is -0.00243. The second-order valence-corrected chi connectivity index (χ2v) is 6.58. The van der Waals surface area contributed by atoms with Gasteiger partial charge in [0, 0.05) is 6.42 Å². The first-order valence-corrected chi connectivity index (χ1v) is 8.36. The van der Waals surface area contributed by atoms with Gasteiger partial charge < -0.3 is 15.7 Å². The Bertz CT molecular complexity index is 757. The molecular weight excluding hydrogens is 300 g/mol. The van der Waals surface area contributed by atoms with Crippen LogP contribution < -0.4 is 10.6 Å². The van der Waals surface area contributed by atoms with Gasteiger partial charge in [0.15, 0.2) is 0 Å². The first kappa shape index (κ1) is 16.5. The molecule has 0 heterocycles. The fourth-order valence-electron chi connectivity index (χ4n) is 3.45. The Morgan fingerprint density at radius 1 is 1.17 bits per heavy atom. The number of amides is 2. The number of hydrogen-bond donors (Lipinski definition) is 3. The third kappa shape index (κ3) is 3.15. The zero-order chi connectivity index (χ0) is 17.3. The zero-order valence-corrected chi connectivity index (χ0v) is 14.3. The van der Waals surface area contributed by atoms with E-state index in [4.69, 9.17) is 0 Å². The van der Waals surface area contributed by atoms with E-state index in [1.807, 2.05) is 43.3 Å². The van der Waals surface area contributed by atoms with Crippen molar-refractivity contribution in [1.29, 1.82) is 0 Å². The standard InChI is InChI=1S/C20H24N2O2/c1-12-7-6-10-16(13(12)2)14(3)21-20(24)22-19-17-9-5-4-8-15(17)11-18(19)23/h4-10,14,18-19,23H,11H2,1-3H3,(H2,21,22,24). The van der Waals surface area contributed by atoms with Crippen molar-refractivity contribution in [1.82, 2.24) is 10.6 Å². The number of aliphatic hydroxyl groups excluding tert-OH is 1. The van der Waals surface area contributed by atoms with Gasteiger partial charge in [-0.05, 0) is 48.6 Å². The highest BCUT2D eigenvalue weighted by molar-refractivity contribution is 5.75. The lowest BCUT2D eigenvalue weighted by Crippen LogP contribution is -2.42. The van der Waals surface area contributed by atoms with Crippen LogP contribution in [-0.4, -0.2) is 17.2 Å². The lowest BCUT2D eigenvalue weighted by molar-refractivity contribution is 0.142. The van der Waals surface area contributed by atoms with Crippen molar-refractivity contribution in [3.8, 4) is 0 Å². The fraction of sp³-hybridized carbons (Fsp3) is 0.350. The van der Waals surface area contributed by atoms with E-state index in [0.29, 0.717) is 6.42 Å². The molecule has 0 aliphatic heterocycles. The number of aryl methyl sites for hydroxylation is 1. The van der Waals surface area contributed by atoms with E-state index < -0.39 is 6.10 Å². The van der Waals surface area contributed by atoms with Gasteiger partial charge >= 0.3 is 6.03 Å². The number of aliphatic hydroxyl groups is 1. The van der Waals surface area contributed by atoms with Crippen LogP contribution in [0.2, 0.25) is 0 Å². The molecule has 0 radical (unpaired) electrons. The van der Waals surface area contributed by atoms with Crippen LogP contribution >= 0.6 is 0 Å². The van der Waals surface area contributed by atoms with Crippen molar-refractivity contribution < 1.29 is 9.90 Å². The molecule has 3 atom stereocenters. The Morgan fingerprint density at radius 2 is 1.92 bits per heavy atom. The van der Waals surface area contributed by atoms with Crippen LogP contribution in [0.25, 0.3) is 0 Å². The van der Waals surface area contributed by atoms with Gasteiger partial charge in [-0.3, -0.25) is 0 Å². The van der Waals surface area contributed by atoms with Gasteiger partial charge in [-0.1, -0.05) is 42.5 Å². The van der Waals surface area contributed by atoms with Crippen LogP contribution in [0.15, 0.2) is 42.5 Å². The fourth-order valence-corrected chi connectivity index (χ4v) is 3.45. The quantitative estimate of drug-likeness (QED) is 0.811. The van der Waals surface area contributed by atoms with E-state index in [2.05, 4.69) is 30.5 Å². The highest BCUT2D eigenvalue weighted by Crippen LogP contribution is 2.31. The molecule has 4 nitrogen and oxygen atoms in total. The number of urea groups is 1. The largest absolute Gasteiger partial charge is 0.390 e. The van der Waals surface area contributed by atoms with Crippen LogP contribution in [0.1, 0.15) is 46.8 Å². The minimum absolute atomic E-state index is 0.0984. The summed E-state index contributed by atoms with van der Waals surface area (Å²) in [5, 5.41) is 16.1. The van der Waals surface area contributed by atoms with E-state index in [1.54, 1.807) is 0 Å². The number of carbonyl (C=O) groups excluding carboxylic acids is 1. The normalized spacial score (nSPS) is 20.3. The molecule has 0 saturated carbocycles. The molecule has 3 rings (SSSR count). The second kappa shape index (κ2) is 6.65. The van der Waals surface area contributed by atoms with Crippen molar-refractivity contribution in [2.75, 3.05) is 0 Å². The molecule has 4 heteroatoms. The van der Waals surface area contributed by atoms with E-state index in [9.17, 15) is 9.90 Å². The average Bonchev–Trinajstić information content (AvgIpc) is 2.86. The van der Waals surface area contributed by atoms with E-state index in [1.165, 1.54) is 11.1 Å². The molecule has 0 saturated heterocycles. The van der Waals surface area contributed by atoms with E-state index >= 15 is 0 Å². The Morgan fingerprint density at radius 3 is 2.71 bits per heavy atom. The van der Waals surface area contributed by atoms with Crippen LogP contribution in [0.3, 0.4) is 0 Å². The predicted octanol–water partition coefficient (Wildman–Crippen LogP) is 3.32. The van der Waals surface area contributed by atoms with Crippen molar-refractivity contribution >= 4 is 6.03 Å². The molecule has 1 aliphatic rings. The van der Waals surface area contributed by atoms with Gasteiger partial charge in [0.2, 0.25) is 0 Å². The van der Waals surface area contributed by atoms with Crippen molar-refractivity contribution in [2.45, 2.75) is 45.4 Å². The number of fused-ring (bicyclic) bond motifs is 1. The monoisotopic (exact) mass is 324 g/mol. The van der Waals surface area contributed by atoms with Crippen LogP contribution in [-0.2, 0) is 6.42 Å². The molecule has 3 unspecified atom stereocenters. The molecular formula is C20H24N2O2. The smallest absolute Gasteiger partial charge is 0.315 e. The molecule has 0 fully saturated rings. The van der Waals surface area contributed by atoms with Gasteiger partial charge in [0.1, 0.15) is 0 Å². The van der Waals surface area contributed by atoms with E-state index in [-0.39, 0.29) is 18.1 Å². The topological polar surface area (TPSA) is 61.4 Å². The molecule has 24 heavy (non-hydrogen) atoms. The highest BCUT2D eigenvalue weighted by Gasteiger charge is 2.32. The molecule has 0 aromatic heterocycles. The molecule has 1 aliphatic carbocycles. The maximum atomic E-state index is 12.4. The maximum Gasteiger partial charge on any atom is 0.315 e. The summed E-state index contributed by atoms with van der Waals surface area (Å²) in [6.45, 7) is 6.11. The second-order valence-electron chi connectivity index (χ2n) is 6.58. The summed E-state index contributed by atoms with van der Waals surface area (Å²) in [5.41, 5.74) is 5.60. The molecule has 2 aromatic carbocycles. The minimum Gasteiger partial charge on any atom is -0.390 e. The average molecular weight is 324 g/mol. The number of benzene rings is 2. The van der Waals surface area contributed by atoms with Crippen molar-refractivity contribution in [3.05, 3.63) is 70.3 Å². The first-order valence-electron chi connectivity index (χ1n) is 8.36. The summed E-state index contributed by atoms with van der Waals surface area (Å²) in [4.78, 5) is 12.4. The summed E-state index contributed by atoms with van der Waals surface area (Å²) in [7, 11) is 0. The molecule has 0 bridgehead atoms. The molecule has 126 valence electrons. The van der Waals surface area contributed by atoms with Gasteiger partial charge in [0.05, 0.1) is 18.2 Å². The summed E-state index contributed by atoms with van der Waals surface area (Å²) in [5.74, 6) is 0. The van der Waals surface area contributed by atoms with Crippen LogP contribution in [0.5, 0.6) is 0 Å².